The number of methoxy groups -OCH3 is 1. The Morgan fingerprint density at radius 1 is 1.38 bits per heavy atom. The summed E-state index contributed by atoms with van der Waals surface area (Å²) >= 11 is 0. The molecule has 0 radical (unpaired) electrons. The highest BCUT2D eigenvalue weighted by molar-refractivity contribution is 5.90. The smallest absolute Gasteiger partial charge is 0.340 e. The lowest BCUT2D eigenvalue weighted by molar-refractivity contribution is 0.0595. The number of halogens is 2. The molecular formula is C8H6F2O3. The van der Waals surface area contributed by atoms with Crippen LogP contribution in [-0.4, -0.2) is 18.2 Å². The quantitative estimate of drug-likeness (QED) is 0.678. The number of phenolic OH excluding ortho intramolecular Hbond substituents is 1. The van der Waals surface area contributed by atoms with Gasteiger partial charge in [0, 0.05) is 12.1 Å². The maximum absolute atomic E-state index is 12.8. The Hall–Kier alpha value is -1.65. The minimum absolute atomic E-state index is 0.418. The molecule has 0 aliphatic carbocycles. The number of carbonyl (C=O) groups excluding carboxylic acids is 1. The van der Waals surface area contributed by atoms with Gasteiger partial charge in [0.1, 0.15) is 5.82 Å². The fourth-order valence-electron chi connectivity index (χ4n) is 0.804. The summed E-state index contributed by atoms with van der Waals surface area (Å²) in [5.41, 5.74) is -0.499. The van der Waals surface area contributed by atoms with Crippen LogP contribution in [0.25, 0.3) is 0 Å². The second kappa shape index (κ2) is 3.38. The van der Waals surface area contributed by atoms with Crippen LogP contribution in [-0.2, 0) is 4.74 Å². The molecule has 3 nitrogen and oxygen atoms in total. The normalized spacial score (nSPS) is 9.77. The first-order valence-electron chi connectivity index (χ1n) is 3.32. The van der Waals surface area contributed by atoms with Crippen LogP contribution in [0.5, 0.6) is 5.75 Å². The summed E-state index contributed by atoms with van der Waals surface area (Å²) in [7, 11) is 1.06. The zero-order valence-corrected chi connectivity index (χ0v) is 6.67. The summed E-state index contributed by atoms with van der Waals surface area (Å²) in [4.78, 5) is 10.8. The fraction of sp³-hybridized carbons (Fsp3) is 0.125. The zero-order valence-electron chi connectivity index (χ0n) is 6.67. The molecule has 0 spiro atoms. The lowest BCUT2D eigenvalue weighted by Gasteiger charge is -2.02. The molecule has 5 heteroatoms. The predicted molar refractivity (Wildman–Crippen MR) is 39.4 cm³/mol. The number of hydrogen-bond donors (Lipinski definition) is 1. The van der Waals surface area contributed by atoms with E-state index in [0.29, 0.717) is 12.1 Å². The molecule has 1 rings (SSSR count). The number of phenols is 1. The molecule has 0 saturated heterocycles. The van der Waals surface area contributed by atoms with Crippen molar-refractivity contribution in [2.24, 2.45) is 0 Å². The van der Waals surface area contributed by atoms with Gasteiger partial charge in [-0.15, -0.1) is 0 Å². The van der Waals surface area contributed by atoms with Gasteiger partial charge in [0.2, 0.25) is 0 Å². The third-order valence-electron chi connectivity index (χ3n) is 1.44. The number of hydrogen-bond acceptors (Lipinski definition) is 3. The summed E-state index contributed by atoms with van der Waals surface area (Å²) in [6.45, 7) is 0. The van der Waals surface area contributed by atoms with Crippen molar-refractivity contribution in [2.75, 3.05) is 7.11 Å². The molecule has 0 aromatic heterocycles. The van der Waals surface area contributed by atoms with E-state index in [0.717, 1.165) is 7.11 Å². The molecule has 1 aromatic rings. The Balaban J connectivity index is 3.23. The predicted octanol–water partition coefficient (Wildman–Crippen LogP) is 1.46. The molecule has 0 amide bonds. The first-order chi connectivity index (χ1) is 6.06. The third kappa shape index (κ3) is 1.74. The van der Waals surface area contributed by atoms with Crippen LogP contribution in [0.2, 0.25) is 0 Å². The van der Waals surface area contributed by atoms with E-state index in [1.807, 2.05) is 0 Å². The molecule has 0 atom stereocenters. The SMILES string of the molecule is COC(=O)c1cc(O)c(F)cc1F. The summed E-state index contributed by atoms with van der Waals surface area (Å²) in [6.07, 6.45) is 0. The van der Waals surface area contributed by atoms with Gasteiger partial charge in [-0.2, -0.15) is 0 Å². The van der Waals surface area contributed by atoms with Gasteiger partial charge in [-0.1, -0.05) is 0 Å². The molecule has 70 valence electrons. The summed E-state index contributed by atoms with van der Waals surface area (Å²) in [5.74, 6) is -3.94. The van der Waals surface area contributed by atoms with Crippen molar-refractivity contribution < 1.29 is 23.4 Å². The summed E-state index contributed by atoms with van der Waals surface area (Å²) < 4.78 is 29.5. The highest BCUT2D eigenvalue weighted by Crippen LogP contribution is 2.20. The Morgan fingerprint density at radius 3 is 2.54 bits per heavy atom. The minimum atomic E-state index is -1.12. The topological polar surface area (TPSA) is 46.5 Å². The molecule has 0 aliphatic heterocycles. The second-order valence-electron chi connectivity index (χ2n) is 2.28. The molecule has 0 unspecified atom stereocenters. The monoisotopic (exact) mass is 188 g/mol. The Morgan fingerprint density at radius 2 is 2.00 bits per heavy atom. The first kappa shape index (κ1) is 9.44. The Bertz CT molecular complexity index is 349. The van der Waals surface area contributed by atoms with Crippen molar-refractivity contribution in [1.82, 2.24) is 0 Å². The number of esters is 1. The number of aromatic hydroxyl groups is 1. The zero-order chi connectivity index (χ0) is 10.0. The largest absolute Gasteiger partial charge is 0.505 e. The van der Waals surface area contributed by atoms with Crippen molar-refractivity contribution in [3.63, 3.8) is 0 Å². The number of ether oxygens (including phenoxy) is 1. The molecule has 13 heavy (non-hydrogen) atoms. The maximum atomic E-state index is 12.8. The van der Waals surface area contributed by atoms with Crippen LogP contribution in [0.4, 0.5) is 8.78 Å². The van der Waals surface area contributed by atoms with E-state index in [2.05, 4.69) is 4.74 Å². The maximum Gasteiger partial charge on any atom is 0.340 e. The number of rotatable bonds is 1. The number of carbonyl (C=O) groups is 1. The van der Waals surface area contributed by atoms with Gasteiger partial charge < -0.3 is 9.84 Å². The fourth-order valence-corrected chi connectivity index (χ4v) is 0.804. The standard InChI is InChI=1S/C8H6F2O3/c1-13-8(12)4-2-7(11)6(10)3-5(4)9/h2-3,11H,1H3. The van der Waals surface area contributed by atoms with E-state index in [1.165, 1.54) is 0 Å². The molecule has 1 N–H and O–H groups in total. The lowest BCUT2D eigenvalue weighted by Crippen LogP contribution is -2.04. The molecule has 0 fully saturated rings. The average Bonchev–Trinajstić information content (AvgIpc) is 2.10. The lowest BCUT2D eigenvalue weighted by atomic mass is 10.2. The molecule has 0 saturated carbocycles. The van der Waals surface area contributed by atoms with E-state index < -0.39 is 28.9 Å². The van der Waals surface area contributed by atoms with E-state index >= 15 is 0 Å². The van der Waals surface area contributed by atoms with Crippen molar-refractivity contribution in [2.45, 2.75) is 0 Å². The van der Waals surface area contributed by atoms with Crippen molar-refractivity contribution in [1.29, 1.82) is 0 Å². The van der Waals surface area contributed by atoms with Crippen LogP contribution in [0, 0.1) is 11.6 Å². The highest BCUT2D eigenvalue weighted by atomic mass is 19.1. The van der Waals surface area contributed by atoms with Crippen molar-refractivity contribution in [3.05, 3.63) is 29.3 Å². The van der Waals surface area contributed by atoms with E-state index in [9.17, 15) is 13.6 Å². The van der Waals surface area contributed by atoms with Crippen molar-refractivity contribution in [3.8, 4) is 5.75 Å². The van der Waals surface area contributed by atoms with Crippen LogP contribution >= 0.6 is 0 Å². The average molecular weight is 188 g/mol. The minimum Gasteiger partial charge on any atom is -0.505 e. The summed E-state index contributed by atoms with van der Waals surface area (Å²) in [6, 6.07) is 1.10. The second-order valence-corrected chi connectivity index (χ2v) is 2.28. The van der Waals surface area contributed by atoms with Gasteiger partial charge in [-0.05, 0) is 0 Å². The Kier molecular flexibility index (Phi) is 2.46. The van der Waals surface area contributed by atoms with E-state index in [-0.39, 0.29) is 0 Å². The Labute approximate surface area is 72.6 Å². The van der Waals surface area contributed by atoms with Crippen LogP contribution in [0.1, 0.15) is 10.4 Å². The van der Waals surface area contributed by atoms with Gasteiger partial charge in [-0.3, -0.25) is 0 Å². The van der Waals surface area contributed by atoms with Crippen LogP contribution in [0.3, 0.4) is 0 Å². The molecule has 1 aromatic carbocycles. The van der Waals surface area contributed by atoms with Gasteiger partial charge in [0.25, 0.3) is 0 Å². The first-order valence-corrected chi connectivity index (χ1v) is 3.32. The van der Waals surface area contributed by atoms with Crippen LogP contribution in [0.15, 0.2) is 12.1 Å². The molecular weight excluding hydrogens is 182 g/mol. The van der Waals surface area contributed by atoms with E-state index in [1.54, 1.807) is 0 Å². The highest BCUT2D eigenvalue weighted by Gasteiger charge is 2.15. The molecule has 0 heterocycles. The van der Waals surface area contributed by atoms with Gasteiger partial charge in [0.15, 0.2) is 11.6 Å². The van der Waals surface area contributed by atoms with Gasteiger partial charge in [-0.25, -0.2) is 13.6 Å². The van der Waals surface area contributed by atoms with Gasteiger partial charge in [0.05, 0.1) is 12.7 Å². The van der Waals surface area contributed by atoms with Crippen LogP contribution < -0.4 is 0 Å². The van der Waals surface area contributed by atoms with Gasteiger partial charge >= 0.3 is 5.97 Å². The third-order valence-corrected chi connectivity index (χ3v) is 1.44. The molecule has 0 aliphatic rings. The molecule has 0 bridgehead atoms. The summed E-state index contributed by atoms with van der Waals surface area (Å²) in [5, 5.41) is 8.82. The van der Waals surface area contributed by atoms with Crippen molar-refractivity contribution >= 4 is 5.97 Å². The van der Waals surface area contributed by atoms with E-state index in [4.69, 9.17) is 5.11 Å². The number of benzene rings is 1.